The van der Waals surface area contributed by atoms with Crippen molar-refractivity contribution < 1.29 is 35.3 Å². The van der Waals surface area contributed by atoms with Crippen LogP contribution < -0.4 is 18.8 Å². The van der Waals surface area contributed by atoms with E-state index in [9.17, 15) is 30.0 Å². The van der Waals surface area contributed by atoms with Crippen LogP contribution in [0.1, 0.15) is 5.56 Å². The Bertz CT molecular complexity index is 2600. The molecule has 0 spiro atoms. The van der Waals surface area contributed by atoms with Gasteiger partial charge in [-0.2, -0.15) is 0 Å². The number of hydroxylamine groups is 1. The van der Waals surface area contributed by atoms with Crippen LogP contribution in [0.2, 0.25) is 0 Å². The summed E-state index contributed by atoms with van der Waals surface area (Å²) in [6, 6.07) is 46.0. The van der Waals surface area contributed by atoms with Gasteiger partial charge in [-0.1, -0.05) is 66.7 Å². The van der Waals surface area contributed by atoms with Gasteiger partial charge in [0.2, 0.25) is 0 Å². The second-order valence-corrected chi connectivity index (χ2v) is 20.0. The maximum atomic E-state index is 12.5. The monoisotopic (exact) mass is 1060 g/mol. The fourth-order valence-corrected chi connectivity index (χ4v) is 9.00. The lowest BCUT2D eigenvalue weighted by atomic mass is 10.2. The first-order chi connectivity index (χ1) is 27.5. The van der Waals surface area contributed by atoms with Crippen molar-refractivity contribution in [3.05, 3.63) is 183 Å². The van der Waals surface area contributed by atoms with Gasteiger partial charge in [0.05, 0.1) is 26.1 Å². The van der Waals surface area contributed by atoms with Gasteiger partial charge < -0.3 is 0 Å². The van der Waals surface area contributed by atoms with Crippen molar-refractivity contribution in [1.29, 1.82) is 0 Å². The van der Waals surface area contributed by atoms with Crippen molar-refractivity contribution >= 4 is 104 Å². The molecule has 0 atom stereocenters. The molecular formula is C41H38I2N4O8S3. The van der Waals surface area contributed by atoms with Crippen molar-refractivity contribution in [2.75, 3.05) is 27.4 Å². The number of hydrogen-bond acceptors (Lipinski definition) is 8. The minimum Gasteiger partial charge on any atom is -0.288 e. The Labute approximate surface area is 366 Å². The Kier molecular flexibility index (Phi) is 16.8. The number of nitrogens with one attached hydrogen (secondary N) is 2. The van der Waals surface area contributed by atoms with Crippen molar-refractivity contribution in [3.63, 3.8) is 0 Å². The highest BCUT2D eigenvalue weighted by atomic mass is 127. The van der Waals surface area contributed by atoms with Gasteiger partial charge in [0.1, 0.15) is 0 Å². The van der Waals surface area contributed by atoms with Crippen LogP contribution in [0.15, 0.2) is 185 Å². The molecule has 3 N–H and O–H groups in total. The lowest BCUT2D eigenvalue weighted by Gasteiger charge is -2.19. The zero-order chi connectivity index (χ0) is 42.3. The molecule has 6 aromatic rings. The van der Waals surface area contributed by atoms with E-state index in [-0.39, 0.29) is 9.79 Å². The number of hydrogen-bond donors (Lipinski definition) is 3. The zero-order valence-corrected chi connectivity index (χ0v) is 37.7. The molecule has 0 radical (unpaired) electrons. The maximum absolute atomic E-state index is 12.5. The number of amides is 1. The molecule has 6 aromatic carbocycles. The number of rotatable bonds is 11. The van der Waals surface area contributed by atoms with Crippen LogP contribution in [-0.4, -0.2) is 50.5 Å². The van der Waals surface area contributed by atoms with Gasteiger partial charge >= 0.3 is 0 Å². The number of anilines is 3. The first kappa shape index (κ1) is 45.9. The number of sulfonamides is 3. The number of benzene rings is 6. The Morgan fingerprint density at radius 1 is 0.534 bits per heavy atom. The lowest BCUT2D eigenvalue weighted by Crippen LogP contribution is -2.26. The molecule has 0 saturated heterocycles. The predicted molar refractivity (Wildman–Crippen MR) is 245 cm³/mol. The Morgan fingerprint density at radius 3 is 1.29 bits per heavy atom. The summed E-state index contributed by atoms with van der Waals surface area (Å²) in [5, 5.41) is 8.40. The number of carbonyl (C=O) groups excluding carboxylic acids is 1. The van der Waals surface area contributed by atoms with Gasteiger partial charge in [-0.3, -0.25) is 23.3 Å². The molecule has 0 saturated carbocycles. The third-order valence-electron chi connectivity index (χ3n) is 7.94. The fourth-order valence-electron chi connectivity index (χ4n) is 4.77. The summed E-state index contributed by atoms with van der Waals surface area (Å²) in [5.74, 6) is -0.641. The smallest absolute Gasteiger partial charge is 0.267 e. The predicted octanol–water partition coefficient (Wildman–Crippen LogP) is 8.24. The molecule has 1 amide bonds. The molecule has 0 heterocycles. The molecule has 17 heteroatoms. The highest BCUT2D eigenvalue weighted by Gasteiger charge is 2.22. The Morgan fingerprint density at radius 2 is 0.897 bits per heavy atom. The summed E-state index contributed by atoms with van der Waals surface area (Å²) < 4.78 is 80.8. The van der Waals surface area contributed by atoms with E-state index >= 15 is 0 Å². The Hall–Kier alpha value is -4.80. The summed E-state index contributed by atoms with van der Waals surface area (Å²) in [7, 11) is -7.53. The van der Waals surface area contributed by atoms with Crippen molar-refractivity contribution in [2.45, 2.75) is 14.7 Å². The molecule has 0 aliphatic rings. The molecule has 0 fully saturated rings. The van der Waals surface area contributed by atoms with E-state index in [0.29, 0.717) is 27.5 Å². The summed E-state index contributed by atoms with van der Waals surface area (Å²) in [4.78, 5) is 11.7. The molecule has 12 nitrogen and oxygen atoms in total. The zero-order valence-electron chi connectivity index (χ0n) is 30.9. The van der Waals surface area contributed by atoms with Crippen LogP contribution in [0.25, 0.3) is 6.08 Å². The van der Waals surface area contributed by atoms with Gasteiger partial charge in [0.25, 0.3) is 36.0 Å². The summed E-state index contributed by atoms with van der Waals surface area (Å²) in [6.07, 6.45) is 2.67. The van der Waals surface area contributed by atoms with E-state index in [1.807, 2.05) is 24.3 Å². The Balaban J connectivity index is 0.000000195. The number of carbonyl (C=O) groups is 1. The average Bonchev–Trinajstić information content (AvgIpc) is 3.25. The summed E-state index contributed by atoms with van der Waals surface area (Å²) in [5.41, 5.74) is 3.90. The SMILES string of the molecule is CN(c1ccc(/C=C/C(=O)NO)cc1)S(=O)(=O)c1ccccc1.CN(c1ccc(I)cc1)S(=O)(=O)c1ccccc1.O=S(=O)(Nc1ccc(I)cc1)c1ccccc1. The van der Waals surface area contributed by atoms with Crippen molar-refractivity contribution in [2.24, 2.45) is 0 Å². The number of nitrogens with zero attached hydrogens (tertiary/aromatic N) is 2. The largest absolute Gasteiger partial charge is 0.288 e. The quantitative estimate of drug-likeness (QED) is 0.0505. The van der Waals surface area contributed by atoms with E-state index in [1.165, 1.54) is 45.4 Å². The second-order valence-electron chi connectivity index (χ2n) is 11.9. The molecule has 0 bridgehead atoms. The van der Waals surface area contributed by atoms with Crippen LogP contribution in [0.5, 0.6) is 0 Å². The van der Waals surface area contributed by atoms with Gasteiger partial charge in [-0.25, -0.2) is 30.7 Å². The van der Waals surface area contributed by atoms with Crippen LogP contribution in [0.3, 0.4) is 0 Å². The van der Waals surface area contributed by atoms with Crippen LogP contribution in [0.4, 0.5) is 17.1 Å². The second kappa shape index (κ2) is 21.3. The van der Waals surface area contributed by atoms with Crippen molar-refractivity contribution in [1.82, 2.24) is 5.48 Å². The summed E-state index contributed by atoms with van der Waals surface area (Å²) >= 11 is 4.35. The molecular weight excluding hydrogens is 1030 g/mol. The maximum Gasteiger partial charge on any atom is 0.267 e. The van der Waals surface area contributed by atoms with E-state index in [2.05, 4.69) is 49.9 Å². The highest BCUT2D eigenvalue weighted by molar-refractivity contribution is 14.1. The first-order valence-corrected chi connectivity index (χ1v) is 23.5. The van der Waals surface area contributed by atoms with Crippen LogP contribution in [0, 0.1) is 7.14 Å². The summed E-state index contributed by atoms with van der Waals surface area (Å²) in [6.45, 7) is 0. The lowest BCUT2D eigenvalue weighted by molar-refractivity contribution is -0.124. The van der Waals surface area contributed by atoms with Gasteiger partial charge in [0, 0.05) is 33.0 Å². The normalized spacial score (nSPS) is 11.3. The topological polar surface area (TPSA) is 170 Å². The van der Waals surface area contributed by atoms with Crippen molar-refractivity contribution in [3.8, 4) is 0 Å². The molecule has 0 unspecified atom stereocenters. The minimum absolute atomic E-state index is 0.214. The highest BCUT2D eigenvalue weighted by Crippen LogP contribution is 2.24. The standard InChI is InChI=1S/C16H16N2O4S.C13H12INO2S.C12H10INO2S/c1-18(23(21,22)15-5-3-2-4-6-15)14-10-7-13(8-11-14)9-12-16(19)17-20;1-15(12-9-7-11(14)8-10-12)18(16,17)13-5-3-2-4-6-13;13-10-6-8-11(9-7-10)14-17(15,16)12-4-2-1-3-5-12/h2-12,20H,1H3,(H,17,19);2-10H,1H3;1-9,14H/b12-9+;;. The van der Waals surface area contributed by atoms with E-state index in [0.717, 1.165) is 7.14 Å². The van der Waals surface area contributed by atoms with Gasteiger partial charge in [-0.05, 0) is 154 Å². The third-order valence-corrected chi connectivity index (χ3v) is 14.4. The van der Waals surface area contributed by atoms with E-state index < -0.39 is 36.0 Å². The fraction of sp³-hybridized carbons (Fsp3) is 0.0488. The molecule has 302 valence electrons. The molecule has 6 rings (SSSR count). The third kappa shape index (κ3) is 13.1. The van der Waals surface area contributed by atoms with E-state index in [1.54, 1.807) is 134 Å². The molecule has 0 aliphatic heterocycles. The first-order valence-electron chi connectivity index (χ1n) is 16.9. The molecule has 0 aromatic heterocycles. The average molecular weight is 1060 g/mol. The van der Waals surface area contributed by atoms with Gasteiger partial charge in [0.15, 0.2) is 0 Å². The molecule has 58 heavy (non-hydrogen) atoms. The minimum atomic E-state index is -3.62. The van der Waals surface area contributed by atoms with Crippen LogP contribution >= 0.6 is 45.2 Å². The van der Waals surface area contributed by atoms with Gasteiger partial charge in [-0.15, -0.1) is 0 Å². The van der Waals surface area contributed by atoms with E-state index in [4.69, 9.17) is 5.21 Å². The van der Waals surface area contributed by atoms with Crippen LogP contribution in [-0.2, 0) is 34.9 Å². The number of halogens is 2. The molecule has 0 aliphatic carbocycles.